The average molecular weight is 55.7 g/mol. The van der Waals surface area contributed by atoms with Crippen LogP contribution in [0.5, 0.6) is 0 Å². The summed E-state index contributed by atoms with van der Waals surface area (Å²) in [6.07, 6.45) is 0. The third kappa shape index (κ3) is 2.05. The van der Waals surface area contributed by atoms with Gasteiger partial charge in [-0.3, -0.25) is 5.84 Å². The lowest BCUT2D eigenvalue weighted by atomic mass is 9.68. The van der Waals surface area contributed by atoms with Gasteiger partial charge in [-0.1, -0.05) is 0 Å². The van der Waals surface area contributed by atoms with E-state index >= 15 is 0 Å². The average Bonchev–Trinajstić information content (AvgIpc) is 1.37. The van der Waals surface area contributed by atoms with E-state index in [4.69, 9.17) is 5.84 Å². The highest BCUT2D eigenvalue weighted by molar-refractivity contribution is 6.87. The molecular weight excluding hydrogens is 49.6 g/mol. The smallest absolute Gasteiger partial charge is 0.177 e. The maximum Gasteiger partial charge on any atom is 0.177 e. The van der Waals surface area contributed by atoms with E-state index in [1.807, 2.05) is 7.74 Å². The highest BCUT2D eigenvalue weighted by Gasteiger charge is 1.58. The fourth-order valence-electron chi connectivity index (χ4n) is 0. The van der Waals surface area contributed by atoms with Crippen molar-refractivity contribution < 1.29 is 0 Å². The second-order valence-electron chi connectivity index (χ2n) is 0.558. The van der Waals surface area contributed by atoms with Crippen LogP contribution in [0.1, 0.15) is 0 Å². The molecule has 0 spiro atoms. The van der Waals surface area contributed by atoms with Crippen LogP contribution in [-0.4, -0.2) is 15.0 Å². The van der Waals surface area contributed by atoms with Crippen molar-refractivity contribution in [1.29, 1.82) is 0 Å². The van der Waals surface area contributed by atoms with Gasteiger partial charge in [0.05, 0.1) is 7.74 Å². The van der Waals surface area contributed by atoms with Gasteiger partial charge in [-0.2, -0.15) is 0 Å². The quantitative estimate of drug-likeness (QED) is 0.195. The van der Waals surface area contributed by atoms with Crippen LogP contribution < -0.4 is 11.2 Å². The van der Waals surface area contributed by atoms with Crippen LogP contribution in [-0.2, 0) is 0 Å². The summed E-state index contributed by atoms with van der Waals surface area (Å²) in [7, 11) is 2.79. The highest BCUT2D eigenvalue weighted by Crippen LogP contribution is 1.07. The SMILES string of the molecule is BBNN. The van der Waals surface area contributed by atoms with E-state index in [1.165, 1.54) is 0 Å². The van der Waals surface area contributed by atoms with Gasteiger partial charge in [0.15, 0.2) is 7.31 Å². The summed E-state index contributed by atoms with van der Waals surface area (Å²) in [6, 6.07) is 0. The summed E-state index contributed by atoms with van der Waals surface area (Å²) in [5, 5.41) is 2.43. The number of hydrogen-bond donors (Lipinski definition) is 2. The van der Waals surface area contributed by atoms with Crippen LogP contribution >= 0.6 is 0 Å². The van der Waals surface area contributed by atoms with Gasteiger partial charge in [0.2, 0.25) is 0 Å². The molecule has 0 saturated carbocycles. The molecule has 0 radical (unpaired) electrons. The Balaban J connectivity index is 1.97. The van der Waals surface area contributed by atoms with Gasteiger partial charge >= 0.3 is 0 Å². The lowest BCUT2D eigenvalue weighted by Crippen LogP contribution is -2.26. The van der Waals surface area contributed by atoms with E-state index in [0.717, 1.165) is 7.31 Å². The molecule has 0 aliphatic rings. The second kappa shape index (κ2) is 3.05. The minimum absolute atomic E-state index is 0.847. The van der Waals surface area contributed by atoms with E-state index in [0.29, 0.717) is 0 Å². The normalized spacial score (nSPS) is 6.25. The van der Waals surface area contributed by atoms with Gasteiger partial charge in [0.25, 0.3) is 0 Å². The Morgan fingerprint density at radius 3 is 2.25 bits per heavy atom. The van der Waals surface area contributed by atoms with Crippen LogP contribution in [0.2, 0.25) is 0 Å². The van der Waals surface area contributed by atoms with Crippen LogP contribution in [0.25, 0.3) is 0 Å². The first-order valence-electron chi connectivity index (χ1n) is 1.35. The summed E-state index contributed by atoms with van der Waals surface area (Å²) in [5.41, 5.74) is 0. The van der Waals surface area contributed by atoms with Gasteiger partial charge in [-0.15, -0.1) is 0 Å². The predicted octanol–water partition coefficient (Wildman–Crippen LogP) is -2.65. The number of hydrazine groups is 1. The second-order valence-corrected chi connectivity index (χ2v) is 0.558. The maximum atomic E-state index is 4.78. The maximum absolute atomic E-state index is 4.78. The molecule has 0 atom stereocenters. The molecule has 0 fully saturated rings. The third-order valence-corrected chi connectivity index (χ3v) is 0.204. The van der Waals surface area contributed by atoms with Crippen LogP contribution in [0, 0.1) is 0 Å². The molecule has 4 heteroatoms. The van der Waals surface area contributed by atoms with Crippen molar-refractivity contribution in [3.63, 3.8) is 0 Å². The van der Waals surface area contributed by atoms with E-state index in [1.54, 1.807) is 0 Å². The highest BCUT2D eigenvalue weighted by atomic mass is 15.1. The van der Waals surface area contributed by atoms with Crippen molar-refractivity contribution in [3.8, 4) is 0 Å². The molecule has 0 bridgehead atoms. The number of nitrogens with one attached hydrogen (secondary N) is 1. The van der Waals surface area contributed by atoms with Crippen molar-refractivity contribution in [2.75, 3.05) is 0 Å². The number of rotatable bonds is 1. The van der Waals surface area contributed by atoms with Gasteiger partial charge in [0, 0.05) is 0 Å². The van der Waals surface area contributed by atoms with Crippen molar-refractivity contribution in [2.24, 2.45) is 5.84 Å². The van der Waals surface area contributed by atoms with Crippen molar-refractivity contribution >= 4 is 15.0 Å². The van der Waals surface area contributed by atoms with Crippen molar-refractivity contribution in [3.05, 3.63) is 0 Å². The Morgan fingerprint density at radius 2 is 2.25 bits per heavy atom. The molecule has 0 rings (SSSR count). The van der Waals surface area contributed by atoms with E-state index in [9.17, 15) is 0 Å². The lowest BCUT2D eigenvalue weighted by molar-refractivity contribution is 1.09. The zero-order chi connectivity index (χ0) is 3.41. The monoisotopic (exact) mass is 56.1 g/mol. The minimum atomic E-state index is 0.847. The Hall–Kier alpha value is 0.0499. The van der Waals surface area contributed by atoms with Crippen LogP contribution in [0.3, 0.4) is 0 Å². The molecule has 0 aromatic heterocycles. The van der Waals surface area contributed by atoms with Crippen molar-refractivity contribution in [2.45, 2.75) is 0 Å². The molecule has 0 unspecified atom stereocenters. The predicted molar refractivity (Wildman–Crippen MR) is 23.0 cm³/mol. The zero-order valence-electron chi connectivity index (χ0n) is 2.78. The molecule has 0 aliphatic heterocycles. The summed E-state index contributed by atoms with van der Waals surface area (Å²) < 4.78 is 0. The Morgan fingerprint density at radius 1 is 2.00 bits per heavy atom. The molecule has 0 aromatic rings. The number of hydrogen-bond acceptors (Lipinski definition) is 2. The summed E-state index contributed by atoms with van der Waals surface area (Å²) in [5.74, 6) is 4.78. The third-order valence-electron chi connectivity index (χ3n) is 0.204. The molecular formula is H6B2N2. The fraction of sp³-hybridized carbons (Fsp3) is 0. The Kier molecular flexibility index (Phi) is 3.09. The molecule has 0 heterocycles. The van der Waals surface area contributed by atoms with Gasteiger partial charge in [0.1, 0.15) is 0 Å². The molecule has 2 nitrogen and oxygen atoms in total. The van der Waals surface area contributed by atoms with Gasteiger partial charge in [-0.05, 0) is 0 Å². The largest absolute Gasteiger partial charge is 0.313 e. The van der Waals surface area contributed by atoms with Crippen molar-refractivity contribution in [1.82, 2.24) is 5.34 Å². The first-order chi connectivity index (χ1) is 1.91. The summed E-state index contributed by atoms with van der Waals surface area (Å²) in [4.78, 5) is 0. The minimum Gasteiger partial charge on any atom is -0.313 e. The fourth-order valence-corrected chi connectivity index (χ4v) is 0. The summed E-state index contributed by atoms with van der Waals surface area (Å²) >= 11 is 0. The molecule has 0 amide bonds. The van der Waals surface area contributed by atoms with Gasteiger partial charge in [-0.25, -0.2) is 0 Å². The first kappa shape index (κ1) is 4.05. The Bertz CT molecular complexity index is 6.00. The van der Waals surface area contributed by atoms with E-state index in [-0.39, 0.29) is 0 Å². The molecule has 0 saturated heterocycles. The number of nitrogens with two attached hydrogens (primary N) is 1. The zero-order valence-corrected chi connectivity index (χ0v) is 2.78. The standard InChI is InChI=1S/B2H6N2/c1-2-4-3/h2,4H,1,3H2. The lowest BCUT2D eigenvalue weighted by Gasteiger charge is -1.73. The van der Waals surface area contributed by atoms with E-state index in [2.05, 4.69) is 5.34 Å². The molecule has 22 valence electrons. The molecule has 4 heavy (non-hydrogen) atoms. The van der Waals surface area contributed by atoms with Crippen LogP contribution in [0.4, 0.5) is 0 Å². The first-order valence-corrected chi connectivity index (χ1v) is 1.35. The molecule has 3 N–H and O–H groups in total. The molecule has 0 aliphatic carbocycles. The van der Waals surface area contributed by atoms with Crippen LogP contribution in [0.15, 0.2) is 0 Å². The molecule has 0 aromatic carbocycles. The topological polar surface area (TPSA) is 38.0 Å². The Labute approximate surface area is 27.4 Å². The van der Waals surface area contributed by atoms with E-state index < -0.39 is 0 Å². The van der Waals surface area contributed by atoms with Gasteiger partial charge < -0.3 is 5.34 Å². The summed E-state index contributed by atoms with van der Waals surface area (Å²) in [6.45, 7) is 0.